The van der Waals surface area contributed by atoms with Crippen molar-refractivity contribution in [2.45, 2.75) is 19.4 Å². The van der Waals surface area contributed by atoms with Gasteiger partial charge in [0, 0.05) is 13.0 Å². The fourth-order valence-corrected chi connectivity index (χ4v) is 2.33. The van der Waals surface area contributed by atoms with Gasteiger partial charge in [-0.15, -0.1) is 0 Å². The molecular formula is C14H17NO4. The number of carbonyl (C=O) groups excluding carboxylic acids is 1. The van der Waals surface area contributed by atoms with Crippen LogP contribution < -0.4 is 4.74 Å². The van der Waals surface area contributed by atoms with Crippen molar-refractivity contribution in [1.82, 2.24) is 4.90 Å². The second-order valence-electron chi connectivity index (χ2n) is 4.73. The summed E-state index contributed by atoms with van der Waals surface area (Å²) in [6.07, 6.45) is 0.0931. The van der Waals surface area contributed by atoms with Gasteiger partial charge in [-0.25, -0.2) is 0 Å². The molecule has 2 atom stereocenters. The molecule has 0 spiro atoms. The highest BCUT2D eigenvalue weighted by Crippen LogP contribution is 2.29. The first kappa shape index (κ1) is 13.4. The first-order valence-electron chi connectivity index (χ1n) is 6.19. The van der Waals surface area contributed by atoms with E-state index >= 15 is 0 Å². The lowest BCUT2D eigenvalue weighted by Gasteiger charge is -2.25. The summed E-state index contributed by atoms with van der Waals surface area (Å²) in [5, 5.41) is 8.97. The molecule has 0 radical (unpaired) electrons. The van der Waals surface area contributed by atoms with Gasteiger partial charge in [0.2, 0.25) is 5.91 Å². The zero-order valence-electron chi connectivity index (χ0n) is 11.0. The van der Waals surface area contributed by atoms with E-state index in [1.165, 1.54) is 0 Å². The molecule has 1 N–H and O–H groups in total. The lowest BCUT2D eigenvalue weighted by Crippen LogP contribution is -2.29. The highest BCUT2D eigenvalue weighted by molar-refractivity contribution is 5.86. The van der Waals surface area contributed by atoms with Gasteiger partial charge in [-0.3, -0.25) is 9.59 Å². The lowest BCUT2D eigenvalue weighted by atomic mass is 10.1. The summed E-state index contributed by atoms with van der Waals surface area (Å²) in [6.45, 7) is 2.19. The molecule has 1 saturated heterocycles. The van der Waals surface area contributed by atoms with E-state index < -0.39 is 11.9 Å². The Balaban J connectivity index is 2.12. The SMILES string of the molecule is COc1ccc([C@@H](C)N2CC(C(=O)O)CC2=O)cc1. The Hall–Kier alpha value is -2.04. The number of likely N-dealkylation sites (tertiary alicyclic amines) is 1. The maximum Gasteiger partial charge on any atom is 0.308 e. The Morgan fingerprint density at radius 1 is 1.42 bits per heavy atom. The van der Waals surface area contributed by atoms with Crippen LogP contribution in [0.3, 0.4) is 0 Å². The van der Waals surface area contributed by atoms with Crippen molar-refractivity contribution in [3.63, 3.8) is 0 Å². The van der Waals surface area contributed by atoms with Gasteiger partial charge in [0.25, 0.3) is 0 Å². The number of carboxylic acids is 1. The van der Waals surface area contributed by atoms with Crippen molar-refractivity contribution in [2.24, 2.45) is 5.92 Å². The molecule has 0 bridgehead atoms. The van der Waals surface area contributed by atoms with Crippen LogP contribution in [0.15, 0.2) is 24.3 Å². The maximum atomic E-state index is 11.9. The molecule has 1 aromatic carbocycles. The Morgan fingerprint density at radius 2 is 2.05 bits per heavy atom. The van der Waals surface area contributed by atoms with E-state index in [0.29, 0.717) is 0 Å². The van der Waals surface area contributed by atoms with Gasteiger partial charge >= 0.3 is 5.97 Å². The monoisotopic (exact) mass is 263 g/mol. The van der Waals surface area contributed by atoms with E-state index in [1.807, 2.05) is 31.2 Å². The zero-order valence-corrected chi connectivity index (χ0v) is 11.0. The first-order chi connectivity index (χ1) is 9.02. The third-order valence-electron chi connectivity index (χ3n) is 3.57. The average molecular weight is 263 g/mol. The van der Waals surface area contributed by atoms with Crippen molar-refractivity contribution < 1.29 is 19.4 Å². The Bertz CT molecular complexity index is 483. The van der Waals surface area contributed by atoms with Gasteiger partial charge in [-0.2, -0.15) is 0 Å². The maximum absolute atomic E-state index is 11.9. The molecule has 1 unspecified atom stereocenters. The van der Waals surface area contributed by atoms with E-state index in [0.717, 1.165) is 11.3 Å². The molecule has 2 rings (SSSR count). The van der Waals surface area contributed by atoms with Gasteiger partial charge in [0.15, 0.2) is 0 Å². The lowest BCUT2D eigenvalue weighted by molar-refractivity contribution is -0.141. The van der Waals surface area contributed by atoms with Crippen molar-refractivity contribution in [1.29, 1.82) is 0 Å². The van der Waals surface area contributed by atoms with Crippen LogP contribution in [0, 0.1) is 5.92 Å². The highest BCUT2D eigenvalue weighted by atomic mass is 16.5. The molecule has 19 heavy (non-hydrogen) atoms. The minimum atomic E-state index is -0.905. The number of nitrogens with zero attached hydrogens (tertiary/aromatic N) is 1. The average Bonchev–Trinajstić information content (AvgIpc) is 2.80. The fraction of sp³-hybridized carbons (Fsp3) is 0.429. The number of amides is 1. The van der Waals surface area contributed by atoms with Crippen molar-refractivity contribution in [3.8, 4) is 5.75 Å². The van der Waals surface area contributed by atoms with Gasteiger partial charge in [0.05, 0.1) is 19.1 Å². The third kappa shape index (κ3) is 2.70. The molecule has 0 aliphatic carbocycles. The third-order valence-corrected chi connectivity index (χ3v) is 3.57. The summed E-state index contributed by atoms with van der Waals surface area (Å²) in [5.74, 6) is -0.839. The summed E-state index contributed by atoms with van der Waals surface area (Å²) in [6, 6.07) is 7.33. The first-order valence-corrected chi connectivity index (χ1v) is 6.19. The molecule has 1 amide bonds. The second kappa shape index (κ2) is 5.30. The molecule has 0 saturated carbocycles. The molecule has 102 valence electrons. The molecule has 5 heteroatoms. The number of rotatable bonds is 4. The zero-order chi connectivity index (χ0) is 14.0. The summed E-state index contributed by atoms with van der Waals surface area (Å²) in [5.41, 5.74) is 0.972. The van der Waals surface area contributed by atoms with Crippen LogP contribution in [-0.2, 0) is 9.59 Å². The van der Waals surface area contributed by atoms with Crippen LogP contribution >= 0.6 is 0 Å². The van der Waals surface area contributed by atoms with E-state index in [9.17, 15) is 9.59 Å². The molecule has 1 heterocycles. The molecule has 1 aromatic rings. The predicted molar refractivity (Wildman–Crippen MR) is 68.9 cm³/mol. The number of methoxy groups -OCH3 is 1. The molecule has 0 aromatic heterocycles. The number of hydrogen-bond donors (Lipinski definition) is 1. The Kier molecular flexibility index (Phi) is 3.74. The van der Waals surface area contributed by atoms with Crippen LogP contribution in [0.1, 0.15) is 24.9 Å². The topological polar surface area (TPSA) is 66.8 Å². The van der Waals surface area contributed by atoms with Crippen LogP contribution in [-0.4, -0.2) is 35.5 Å². The molecule has 5 nitrogen and oxygen atoms in total. The number of aliphatic carboxylic acids is 1. The van der Waals surface area contributed by atoms with Crippen molar-refractivity contribution >= 4 is 11.9 Å². The summed E-state index contributed by atoms with van der Waals surface area (Å²) < 4.78 is 5.09. The van der Waals surface area contributed by atoms with E-state index in [1.54, 1.807) is 12.0 Å². The smallest absolute Gasteiger partial charge is 0.308 e. The second-order valence-corrected chi connectivity index (χ2v) is 4.73. The minimum Gasteiger partial charge on any atom is -0.497 e. The van der Waals surface area contributed by atoms with Crippen LogP contribution in [0.25, 0.3) is 0 Å². The summed E-state index contributed by atoms with van der Waals surface area (Å²) >= 11 is 0. The van der Waals surface area contributed by atoms with Crippen LogP contribution in [0.2, 0.25) is 0 Å². The quantitative estimate of drug-likeness (QED) is 0.897. The number of carbonyl (C=O) groups is 2. The van der Waals surface area contributed by atoms with Gasteiger partial charge in [0.1, 0.15) is 5.75 Å². The Labute approximate surface area is 111 Å². The summed E-state index contributed by atoms with van der Waals surface area (Å²) in [4.78, 5) is 24.4. The van der Waals surface area contributed by atoms with Crippen LogP contribution in [0.4, 0.5) is 0 Å². The number of hydrogen-bond acceptors (Lipinski definition) is 3. The molecule has 1 fully saturated rings. The molecule has 1 aliphatic rings. The van der Waals surface area contributed by atoms with E-state index in [-0.39, 0.29) is 24.9 Å². The minimum absolute atomic E-state index is 0.0931. The standard InChI is InChI=1S/C14H17NO4/c1-9(10-3-5-12(19-2)6-4-10)15-8-11(14(17)18)7-13(15)16/h3-6,9,11H,7-8H2,1-2H3,(H,17,18)/t9-,11?/m1/s1. The predicted octanol–water partition coefficient (Wildman–Crippen LogP) is 1.69. The van der Waals surface area contributed by atoms with E-state index in [4.69, 9.17) is 9.84 Å². The van der Waals surface area contributed by atoms with Crippen molar-refractivity contribution in [2.75, 3.05) is 13.7 Å². The number of carboxylic acid groups (broad SMARTS) is 1. The molecular weight excluding hydrogens is 246 g/mol. The van der Waals surface area contributed by atoms with Gasteiger partial charge < -0.3 is 14.7 Å². The van der Waals surface area contributed by atoms with Crippen LogP contribution in [0.5, 0.6) is 5.75 Å². The largest absolute Gasteiger partial charge is 0.497 e. The van der Waals surface area contributed by atoms with Crippen molar-refractivity contribution in [3.05, 3.63) is 29.8 Å². The van der Waals surface area contributed by atoms with E-state index in [2.05, 4.69) is 0 Å². The normalized spacial score (nSPS) is 20.4. The highest BCUT2D eigenvalue weighted by Gasteiger charge is 2.36. The van der Waals surface area contributed by atoms with Gasteiger partial charge in [-0.05, 0) is 24.6 Å². The van der Waals surface area contributed by atoms with Gasteiger partial charge in [-0.1, -0.05) is 12.1 Å². The number of benzene rings is 1. The fourth-order valence-electron chi connectivity index (χ4n) is 2.33. The summed E-state index contributed by atoms with van der Waals surface area (Å²) in [7, 11) is 1.60. The molecule has 1 aliphatic heterocycles. The Morgan fingerprint density at radius 3 is 2.53 bits per heavy atom. The number of ether oxygens (including phenoxy) is 1.